The first kappa shape index (κ1) is 24.4. The molecule has 10 aromatic rings. The molecule has 7 aromatic carbocycles. The summed E-state index contributed by atoms with van der Waals surface area (Å²) in [6, 6.07) is 56.6. The van der Waals surface area contributed by atoms with Gasteiger partial charge >= 0.3 is 0 Å². The highest BCUT2D eigenvalue weighted by atomic mass is 16.3. The van der Waals surface area contributed by atoms with E-state index in [-0.39, 0.29) is 0 Å². The molecule has 0 fully saturated rings. The average Bonchev–Trinajstić information content (AvgIpc) is 3.74. The van der Waals surface area contributed by atoms with Crippen LogP contribution < -0.4 is 0 Å². The summed E-state index contributed by atoms with van der Waals surface area (Å²) >= 11 is 0. The second kappa shape index (κ2) is 9.22. The van der Waals surface area contributed by atoms with E-state index < -0.39 is 0 Å². The fourth-order valence-corrected chi connectivity index (χ4v) is 7.30. The second-order valence-corrected chi connectivity index (χ2v) is 11.8. The lowest BCUT2D eigenvalue weighted by molar-refractivity contribution is 0.669. The van der Waals surface area contributed by atoms with Gasteiger partial charge in [0.1, 0.15) is 11.2 Å². The largest absolute Gasteiger partial charge is 0.456 e. The number of rotatable bonds is 3. The number of nitrogens with zero attached hydrogens (tertiary/aromatic N) is 2. The minimum Gasteiger partial charge on any atom is -0.456 e. The normalized spacial score (nSPS) is 12.0. The van der Waals surface area contributed by atoms with Crippen LogP contribution in [0.5, 0.6) is 0 Å². The Kier molecular flexibility index (Phi) is 5.00. The van der Waals surface area contributed by atoms with Gasteiger partial charge in [0, 0.05) is 43.7 Å². The molecule has 0 saturated heterocycles. The molecule has 0 N–H and O–H groups in total. The molecule has 0 aliphatic rings. The maximum Gasteiger partial charge on any atom is 0.136 e. The monoisotopic (exact) mass is 574 g/mol. The van der Waals surface area contributed by atoms with E-state index in [1.54, 1.807) is 0 Å². The molecular weight excluding hydrogens is 548 g/mol. The summed E-state index contributed by atoms with van der Waals surface area (Å²) in [4.78, 5) is 0. The highest BCUT2D eigenvalue weighted by Crippen LogP contribution is 2.39. The van der Waals surface area contributed by atoms with Gasteiger partial charge in [0.25, 0.3) is 0 Å². The quantitative estimate of drug-likeness (QED) is 0.206. The van der Waals surface area contributed by atoms with Crippen molar-refractivity contribution >= 4 is 65.6 Å². The van der Waals surface area contributed by atoms with Crippen LogP contribution in [0, 0.1) is 0 Å². The number of para-hydroxylation sites is 4. The van der Waals surface area contributed by atoms with Gasteiger partial charge in [0.05, 0.1) is 22.1 Å². The van der Waals surface area contributed by atoms with Gasteiger partial charge in [-0.25, -0.2) is 0 Å². The molecule has 0 unspecified atom stereocenters. The van der Waals surface area contributed by atoms with Crippen molar-refractivity contribution in [3.63, 3.8) is 0 Å². The number of fused-ring (bicyclic) bond motifs is 9. The average molecular weight is 575 g/mol. The van der Waals surface area contributed by atoms with Crippen LogP contribution in [0.4, 0.5) is 0 Å². The van der Waals surface area contributed by atoms with E-state index in [0.29, 0.717) is 0 Å². The van der Waals surface area contributed by atoms with Crippen LogP contribution in [-0.2, 0) is 0 Å². The molecular formula is C42H26N2O. The molecule has 3 heterocycles. The summed E-state index contributed by atoms with van der Waals surface area (Å²) in [6.07, 6.45) is 0. The summed E-state index contributed by atoms with van der Waals surface area (Å²) in [5.74, 6) is 0. The summed E-state index contributed by atoms with van der Waals surface area (Å²) in [7, 11) is 0. The van der Waals surface area contributed by atoms with Crippen molar-refractivity contribution < 1.29 is 4.42 Å². The van der Waals surface area contributed by atoms with Gasteiger partial charge in [-0.05, 0) is 77.9 Å². The predicted octanol–water partition coefficient (Wildman–Crippen LogP) is 11.4. The molecule has 210 valence electrons. The molecule has 0 aliphatic carbocycles. The first-order chi connectivity index (χ1) is 22.3. The smallest absolute Gasteiger partial charge is 0.136 e. The van der Waals surface area contributed by atoms with Gasteiger partial charge < -0.3 is 13.6 Å². The number of benzene rings is 7. The summed E-state index contributed by atoms with van der Waals surface area (Å²) < 4.78 is 11.0. The lowest BCUT2D eigenvalue weighted by Gasteiger charge is -2.11. The third-order valence-corrected chi connectivity index (χ3v) is 9.30. The van der Waals surface area contributed by atoms with Crippen molar-refractivity contribution in [2.75, 3.05) is 0 Å². The van der Waals surface area contributed by atoms with Crippen LogP contribution in [-0.4, -0.2) is 9.13 Å². The van der Waals surface area contributed by atoms with Gasteiger partial charge in [-0.15, -0.1) is 0 Å². The van der Waals surface area contributed by atoms with Gasteiger partial charge in [0.2, 0.25) is 0 Å². The highest BCUT2D eigenvalue weighted by molar-refractivity contribution is 6.17. The van der Waals surface area contributed by atoms with Crippen molar-refractivity contribution in [3.8, 4) is 22.5 Å². The van der Waals surface area contributed by atoms with Gasteiger partial charge in [-0.2, -0.15) is 0 Å². The van der Waals surface area contributed by atoms with E-state index in [2.05, 4.69) is 155 Å². The maximum atomic E-state index is 6.29. The maximum absolute atomic E-state index is 6.29. The SMILES string of the molecule is c1ccc(-n2c3ccccc3c3cc(-c4cccc(-n5c6ccccc6c6cc7oc8ccccc8c7cc65)c4)ccc32)cc1. The Labute approximate surface area is 258 Å². The van der Waals surface area contributed by atoms with Crippen molar-refractivity contribution in [2.24, 2.45) is 0 Å². The van der Waals surface area contributed by atoms with Crippen LogP contribution in [0.2, 0.25) is 0 Å². The van der Waals surface area contributed by atoms with Crippen molar-refractivity contribution in [2.45, 2.75) is 0 Å². The molecule has 45 heavy (non-hydrogen) atoms. The zero-order valence-electron chi connectivity index (χ0n) is 24.3. The first-order valence-electron chi connectivity index (χ1n) is 15.4. The lowest BCUT2D eigenvalue weighted by atomic mass is 10.0. The minimum absolute atomic E-state index is 0.919. The van der Waals surface area contributed by atoms with Crippen molar-refractivity contribution in [1.29, 1.82) is 0 Å². The zero-order valence-corrected chi connectivity index (χ0v) is 24.3. The molecule has 3 aromatic heterocycles. The lowest BCUT2D eigenvalue weighted by Crippen LogP contribution is -1.94. The summed E-state index contributed by atoms with van der Waals surface area (Å²) in [6.45, 7) is 0. The molecule has 0 spiro atoms. The Morgan fingerprint density at radius 1 is 0.311 bits per heavy atom. The Bertz CT molecular complexity index is 2760. The Hall–Kier alpha value is -6.06. The van der Waals surface area contributed by atoms with Crippen LogP contribution in [0.25, 0.3) is 88.1 Å². The Balaban J connectivity index is 1.19. The van der Waals surface area contributed by atoms with Crippen molar-refractivity contribution in [3.05, 3.63) is 158 Å². The molecule has 0 saturated carbocycles. The highest BCUT2D eigenvalue weighted by Gasteiger charge is 2.17. The van der Waals surface area contributed by atoms with E-state index in [1.165, 1.54) is 60.4 Å². The molecule has 0 bridgehead atoms. The third-order valence-electron chi connectivity index (χ3n) is 9.30. The van der Waals surface area contributed by atoms with Crippen molar-refractivity contribution in [1.82, 2.24) is 9.13 Å². The zero-order chi connectivity index (χ0) is 29.5. The van der Waals surface area contributed by atoms with Gasteiger partial charge in [-0.1, -0.05) is 91.0 Å². The molecule has 0 amide bonds. The predicted molar refractivity (Wildman–Crippen MR) is 188 cm³/mol. The van der Waals surface area contributed by atoms with E-state index in [4.69, 9.17) is 4.42 Å². The number of hydrogen-bond donors (Lipinski definition) is 0. The standard InChI is InChI=1S/C42H26N2O/c1-2-12-29(13-3-1)43-37-18-7-4-15-31(37)34-24-28(21-22-39(34)43)27-11-10-14-30(23-27)44-38-19-8-5-16-32(38)35-26-42-36(25-40(35)44)33-17-6-9-20-41(33)45-42/h1-26H. The first-order valence-corrected chi connectivity index (χ1v) is 15.4. The van der Waals surface area contributed by atoms with Gasteiger partial charge in [-0.3, -0.25) is 0 Å². The number of furan rings is 1. The fourth-order valence-electron chi connectivity index (χ4n) is 7.30. The molecule has 0 radical (unpaired) electrons. The third kappa shape index (κ3) is 3.52. The molecule has 0 atom stereocenters. The van der Waals surface area contributed by atoms with E-state index >= 15 is 0 Å². The fraction of sp³-hybridized carbons (Fsp3) is 0. The van der Waals surface area contributed by atoms with E-state index in [1.807, 2.05) is 12.1 Å². The molecule has 3 nitrogen and oxygen atoms in total. The Morgan fingerprint density at radius 3 is 1.71 bits per heavy atom. The van der Waals surface area contributed by atoms with Gasteiger partial charge in [0.15, 0.2) is 0 Å². The number of aromatic nitrogens is 2. The molecule has 0 aliphatic heterocycles. The summed E-state index contributed by atoms with van der Waals surface area (Å²) in [5.41, 5.74) is 11.3. The van der Waals surface area contributed by atoms with Crippen LogP contribution in [0.1, 0.15) is 0 Å². The molecule has 10 rings (SSSR count). The van der Waals surface area contributed by atoms with Crippen LogP contribution in [0.3, 0.4) is 0 Å². The second-order valence-electron chi connectivity index (χ2n) is 11.8. The van der Waals surface area contributed by atoms with Crippen LogP contribution in [0.15, 0.2) is 162 Å². The van der Waals surface area contributed by atoms with E-state index in [0.717, 1.165) is 27.6 Å². The molecule has 3 heteroatoms. The minimum atomic E-state index is 0.919. The topological polar surface area (TPSA) is 23.0 Å². The number of hydrogen-bond acceptors (Lipinski definition) is 1. The summed E-state index contributed by atoms with van der Waals surface area (Å²) in [5, 5.41) is 7.20. The van der Waals surface area contributed by atoms with Crippen LogP contribution >= 0.6 is 0 Å². The van der Waals surface area contributed by atoms with E-state index in [9.17, 15) is 0 Å². The Morgan fingerprint density at radius 2 is 0.911 bits per heavy atom.